The van der Waals surface area contributed by atoms with Crippen LogP contribution in [0.4, 0.5) is 0 Å². The molecule has 2 N–H and O–H groups in total. The summed E-state index contributed by atoms with van der Waals surface area (Å²) in [5.74, 6) is -2.62. The minimum atomic E-state index is -1.26. The molecule has 1 aliphatic rings. The molecule has 5 atom stereocenters. The van der Waals surface area contributed by atoms with Crippen molar-refractivity contribution in [3.63, 3.8) is 0 Å². The SMILES string of the molecule is CC(=O)OC[C@@H]1O[C@@H](OC(C)=O)[C@H](N)[C@H](OC(C)=O)[C@H]1OC(C)=O.Cl. The van der Waals surface area contributed by atoms with E-state index in [-0.39, 0.29) is 19.0 Å². The van der Waals surface area contributed by atoms with E-state index in [1.807, 2.05) is 0 Å². The molecule has 0 aromatic rings. The summed E-state index contributed by atoms with van der Waals surface area (Å²) < 4.78 is 25.5. The minimum absolute atomic E-state index is 0. The first kappa shape index (κ1) is 23.1. The Labute approximate surface area is 150 Å². The van der Waals surface area contributed by atoms with Crippen LogP contribution < -0.4 is 5.73 Å². The van der Waals surface area contributed by atoms with Crippen molar-refractivity contribution in [1.82, 2.24) is 0 Å². The van der Waals surface area contributed by atoms with Gasteiger partial charge in [-0.3, -0.25) is 19.2 Å². The van der Waals surface area contributed by atoms with Crippen molar-refractivity contribution in [2.45, 2.75) is 58.3 Å². The summed E-state index contributed by atoms with van der Waals surface area (Å²) in [5, 5.41) is 0. The van der Waals surface area contributed by atoms with Gasteiger partial charge in [-0.2, -0.15) is 0 Å². The average molecular weight is 384 g/mol. The van der Waals surface area contributed by atoms with Crippen molar-refractivity contribution >= 4 is 36.3 Å². The maximum Gasteiger partial charge on any atom is 0.304 e. The van der Waals surface area contributed by atoms with Crippen LogP contribution in [0, 0.1) is 0 Å². The molecule has 0 radical (unpaired) electrons. The first-order chi connectivity index (χ1) is 11.1. The lowest BCUT2D eigenvalue weighted by atomic mass is 9.97. The molecule has 1 heterocycles. The normalized spacial score (nSPS) is 28.1. The zero-order chi connectivity index (χ0) is 18.4. The van der Waals surface area contributed by atoms with Crippen LogP contribution in [0.1, 0.15) is 27.7 Å². The second-order valence-electron chi connectivity index (χ2n) is 5.18. The van der Waals surface area contributed by atoms with Gasteiger partial charge in [-0.25, -0.2) is 0 Å². The van der Waals surface area contributed by atoms with Gasteiger partial charge < -0.3 is 29.4 Å². The Morgan fingerprint density at radius 3 is 1.76 bits per heavy atom. The highest BCUT2D eigenvalue weighted by molar-refractivity contribution is 5.85. The molecule has 0 aromatic heterocycles. The molecule has 1 saturated heterocycles. The molecule has 144 valence electrons. The molecule has 25 heavy (non-hydrogen) atoms. The topological polar surface area (TPSA) is 140 Å². The van der Waals surface area contributed by atoms with Crippen LogP contribution in [0.2, 0.25) is 0 Å². The molecule has 1 aliphatic heterocycles. The van der Waals surface area contributed by atoms with Crippen LogP contribution >= 0.6 is 12.4 Å². The number of halogens is 1. The summed E-state index contributed by atoms with van der Waals surface area (Å²) in [6, 6.07) is -1.10. The van der Waals surface area contributed by atoms with E-state index in [0.29, 0.717) is 0 Å². The number of hydrogen-bond donors (Lipinski definition) is 1. The van der Waals surface area contributed by atoms with E-state index in [1.165, 1.54) is 6.92 Å². The van der Waals surface area contributed by atoms with Gasteiger partial charge in [0.2, 0.25) is 6.29 Å². The maximum absolute atomic E-state index is 11.3. The number of esters is 4. The Morgan fingerprint density at radius 2 is 1.32 bits per heavy atom. The third-order valence-electron chi connectivity index (χ3n) is 3.03. The first-order valence-corrected chi connectivity index (χ1v) is 7.18. The third-order valence-corrected chi connectivity index (χ3v) is 3.03. The number of carbonyl (C=O) groups excluding carboxylic acids is 4. The molecule has 1 rings (SSSR count). The molecular formula is C14H22ClNO9. The van der Waals surface area contributed by atoms with Crippen molar-refractivity contribution in [1.29, 1.82) is 0 Å². The fourth-order valence-electron chi connectivity index (χ4n) is 2.20. The highest BCUT2D eigenvalue weighted by Gasteiger charge is 2.50. The van der Waals surface area contributed by atoms with Gasteiger partial charge in [0, 0.05) is 27.7 Å². The molecule has 0 spiro atoms. The summed E-state index contributed by atoms with van der Waals surface area (Å²) in [6.45, 7) is 4.32. The van der Waals surface area contributed by atoms with E-state index >= 15 is 0 Å². The summed E-state index contributed by atoms with van der Waals surface area (Å²) in [7, 11) is 0. The summed E-state index contributed by atoms with van der Waals surface area (Å²) in [5.41, 5.74) is 5.93. The van der Waals surface area contributed by atoms with E-state index in [2.05, 4.69) is 0 Å². The monoisotopic (exact) mass is 383 g/mol. The Kier molecular flexibility index (Phi) is 9.39. The summed E-state index contributed by atoms with van der Waals surface area (Å²) in [4.78, 5) is 44.9. The summed E-state index contributed by atoms with van der Waals surface area (Å²) in [6.07, 6.45) is -4.58. The minimum Gasteiger partial charge on any atom is -0.463 e. The molecule has 0 aliphatic carbocycles. The number of carbonyl (C=O) groups is 4. The van der Waals surface area contributed by atoms with Crippen molar-refractivity contribution in [3.8, 4) is 0 Å². The Bertz CT molecular complexity index is 497. The standard InChI is InChI=1S/C14H21NO9.ClH/c1-6(16)20-5-10-12(21-7(2)17)13(22-8(3)18)11(15)14(24-10)23-9(4)19;/h10-14H,5,15H2,1-4H3;1H/t10-,11+,12-,13-,14+;/m0./s1. The molecular weight excluding hydrogens is 362 g/mol. The lowest BCUT2D eigenvalue weighted by Gasteiger charge is -2.42. The van der Waals surface area contributed by atoms with Crippen molar-refractivity contribution in [2.24, 2.45) is 5.73 Å². The van der Waals surface area contributed by atoms with Crippen LogP contribution in [0.5, 0.6) is 0 Å². The Balaban J connectivity index is 0.00000576. The van der Waals surface area contributed by atoms with Gasteiger partial charge in [0.05, 0.1) is 0 Å². The van der Waals surface area contributed by atoms with Gasteiger partial charge in [-0.1, -0.05) is 0 Å². The van der Waals surface area contributed by atoms with Gasteiger partial charge in [-0.05, 0) is 0 Å². The first-order valence-electron chi connectivity index (χ1n) is 7.18. The fraction of sp³-hybridized carbons (Fsp3) is 0.714. The lowest BCUT2D eigenvalue weighted by molar-refractivity contribution is -0.267. The predicted octanol–water partition coefficient (Wildman–Crippen LogP) is -0.550. The largest absolute Gasteiger partial charge is 0.463 e. The van der Waals surface area contributed by atoms with Crippen molar-refractivity contribution < 1.29 is 42.9 Å². The molecule has 0 saturated carbocycles. The van der Waals surface area contributed by atoms with Crippen LogP contribution in [0.3, 0.4) is 0 Å². The smallest absolute Gasteiger partial charge is 0.304 e. The number of nitrogens with two attached hydrogens (primary N) is 1. The van der Waals surface area contributed by atoms with Crippen LogP contribution in [-0.2, 0) is 42.9 Å². The number of hydrogen-bond acceptors (Lipinski definition) is 10. The van der Waals surface area contributed by atoms with E-state index in [9.17, 15) is 19.2 Å². The Morgan fingerprint density at radius 1 is 0.840 bits per heavy atom. The zero-order valence-corrected chi connectivity index (χ0v) is 15.1. The van der Waals surface area contributed by atoms with Crippen LogP contribution in [-0.4, -0.2) is 61.1 Å². The number of ether oxygens (including phenoxy) is 5. The highest BCUT2D eigenvalue weighted by atomic mass is 35.5. The van der Waals surface area contributed by atoms with Gasteiger partial charge in [-0.15, -0.1) is 12.4 Å². The predicted molar refractivity (Wildman–Crippen MR) is 83.4 cm³/mol. The second kappa shape index (κ2) is 10.2. The van der Waals surface area contributed by atoms with Gasteiger partial charge in [0.15, 0.2) is 12.2 Å². The molecule has 1 fully saturated rings. The van der Waals surface area contributed by atoms with E-state index in [1.54, 1.807) is 0 Å². The lowest BCUT2D eigenvalue weighted by Crippen LogP contribution is -2.65. The Hall–Kier alpha value is -1.91. The van der Waals surface area contributed by atoms with E-state index < -0.39 is 54.5 Å². The van der Waals surface area contributed by atoms with Crippen molar-refractivity contribution in [3.05, 3.63) is 0 Å². The highest BCUT2D eigenvalue weighted by Crippen LogP contribution is 2.26. The molecule has 0 aromatic carbocycles. The molecule has 0 bridgehead atoms. The van der Waals surface area contributed by atoms with Gasteiger partial charge in [0.25, 0.3) is 0 Å². The van der Waals surface area contributed by atoms with Crippen molar-refractivity contribution in [2.75, 3.05) is 6.61 Å². The average Bonchev–Trinajstić information content (AvgIpc) is 2.42. The molecule has 11 heteroatoms. The second-order valence-corrected chi connectivity index (χ2v) is 5.18. The maximum atomic E-state index is 11.3. The molecule has 0 unspecified atom stereocenters. The zero-order valence-electron chi connectivity index (χ0n) is 14.3. The van der Waals surface area contributed by atoms with Gasteiger partial charge >= 0.3 is 23.9 Å². The summed E-state index contributed by atoms with van der Waals surface area (Å²) >= 11 is 0. The van der Waals surface area contributed by atoms with E-state index in [0.717, 1.165) is 20.8 Å². The van der Waals surface area contributed by atoms with Crippen LogP contribution in [0.25, 0.3) is 0 Å². The number of rotatable bonds is 5. The van der Waals surface area contributed by atoms with Crippen LogP contribution in [0.15, 0.2) is 0 Å². The molecule has 0 amide bonds. The quantitative estimate of drug-likeness (QED) is 0.485. The fourth-order valence-corrected chi connectivity index (χ4v) is 2.20. The third kappa shape index (κ3) is 7.24. The van der Waals surface area contributed by atoms with E-state index in [4.69, 9.17) is 29.4 Å². The van der Waals surface area contributed by atoms with Gasteiger partial charge in [0.1, 0.15) is 18.8 Å². The molecule has 10 nitrogen and oxygen atoms in total.